The standard InChI is InChI=1S/C38H35Br5N4O9/c1-51-35-26(42)9-19-7-8-44-37(49)28(46-53-3)13-20-10-24(40)34(25(41)11-20)56-33-16-21(12-27(43)36(33)52-2)14-29(47-54-4)38(50)45-18-30(48)22-5-6-31(23(39)17-22)55-32(35)15-19/h5-6,9-12,15-17,30,48H,7-8,13-14,18H2,1-4H3,(H,44,49)(H,45,50)/b46-28-,47-29+. The van der Waals surface area contributed by atoms with Gasteiger partial charge in [-0.1, -0.05) is 16.4 Å². The topological polar surface area (TPSA) is 159 Å². The lowest BCUT2D eigenvalue weighted by Crippen LogP contribution is -2.35. The molecule has 56 heavy (non-hydrogen) atoms. The molecule has 4 aliphatic heterocycles. The molecule has 2 amide bonds. The molecule has 3 N–H and O–H groups in total. The summed E-state index contributed by atoms with van der Waals surface area (Å²) in [6.45, 7) is 0.160. The molecule has 0 radical (unpaired) electrons. The second kappa shape index (κ2) is 20.1. The number of carbonyl (C=O) groups is 2. The van der Waals surface area contributed by atoms with Crippen LogP contribution in [0, 0.1) is 0 Å². The third-order valence-corrected chi connectivity index (χ3v) is 11.2. The van der Waals surface area contributed by atoms with E-state index in [4.69, 9.17) is 28.6 Å². The summed E-state index contributed by atoms with van der Waals surface area (Å²) >= 11 is 17.9. The van der Waals surface area contributed by atoms with Crippen molar-refractivity contribution in [1.29, 1.82) is 0 Å². The fraction of sp³-hybridized carbons (Fsp3) is 0.263. The number of hydrogen-bond acceptors (Lipinski definition) is 11. The van der Waals surface area contributed by atoms with Gasteiger partial charge in [0.25, 0.3) is 11.8 Å². The van der Waals surface area contributed by atoms with Gasteiger partial charge < -0.3 is 44.4 Å². The number of benzene rings is 4. The maximum Gasteiger partial charge on any atom is 0.269 e. The first-order chi connectivity index (χ1) is 26.8. The van der Waals surface area contributed by atoms with Crippen LogP contribution in [0.4, 0.5) is 0 Å². The molecule has 0 spiro atoms. The molecular weight excluding hydrogens is 1060 g/mol. The fourth-order valence-corrected chi connectivity index (χ4v) is 8.85. The number of nitrogens with zero attached hydrogens (tertiary/aromatic N) is 2. The number of aliphatic hydroxyl groups excluding tert-OH is 1. The van der Waals surface area contributed by atoms with E-state index >= 15 is 0 Å². The molecular formula is C38H35Br5N4O9. The number of rotatable bonds is 4. The molecule has 4 aromatic carbocycles. The molecule has 8 rings (SSSR count). The molecule has 8 bridgehead atoms. The van der Waals surface area contributed by atoms with Crippen LogP contribution >= 0.6 is 79.6 Å². The highest BCUT2D eigenvalue weighted by molar-refractivity contribution is 9.11. The second-order valence-corrected chi connectivity index (χ2v) is 16.3. The Hall–Kier alpha value is -3.68. The number of nitrogens with one attached hydrogen (secondary N) is 2. The van der Waals surface area contributed by atoms with Gasteiger partial charge in [0.2, 0.25) is 0 Å². The van der Waals surface area contributed by atoms with E-state index in [1.165, 1.54) is 28.4 Å². The zero-order valence-electron chi connectivity index (χ0n) is 30.3. The van der Waals surface area contributed by atoms with Gasteiger partial charge in [-0.15, -0.1) is 0 Å². The van der Waals surface area contributed by atoms with Crippen molar-refractivity contribution in [3.8, 4) is 34.5 Å². The molecule has 13 nitrogen and oxygen atoms in total. The van der Waals surface area contributed by atoms with Crippen LogP contribution in [0.25, 0.3) is 0 Å². The average Bonchev–Trinajstić information content (AvgIpc) is 3.15. The summed E-state index contributed by atoms with van der Waals surface area (Å²) in [6, 6.07) is 15.9. The molecule has 0 saturated heterocycles. The number of hydrogen-bond donors (Lipinski definition) is 3. The lowest BCUT2D eigenvalue weighted by molar-refractivity contribution is -0.116. The van der Waals surface area contributed by atoms with E-state index in [0.29, 0.717) is 74.4 Å². The average molecular weight is 1090 g/mol. The Morgan fingerprint density at radius 3 is 1.73 bits per heavy atom. The number of ether oxygens (including phenoxy) is 4. The summed E-state index contributed by atoms with van der Waals surface area (Å²) in [5.74, 6) is 1.54. The lowest BCUT2D eigenvalue weighted by atomic mass is 10.1. The molecule has 1 atom stereocenters. The van der Waals surface area contributed by atoms with Crippen molar-refractivity contribution in [3.05, 3.63) is 99.2 Å². The second-order valence-electron chi connectivity index (χ2n) is 12.0. The monoisotopic (exact) mass is 1090 g/mol. The van der Waals surface area contributed by atoms with Crippen LogP contribution in [0.3, 0.4) is 0 Å². The van der Waals surface area contributed by atoms with Gasteiger partial charge in [0.15, 0.2) is 28.7 Å². The van der Waals surface area contributed by atoms with Gasteiger partial charge in [0.05, 0.1) is 42.7 Å². The Bertz CT molecular complexity index is 2160. The first kappa shape index (κ1) is 43.4. The van der Waals surface area contributed by atoms with E-state index < -0.39 is 17.9 Å². The minimum absolute atomic E-state index is 0.0397. The van der Waals surface area contributed by atoms with Gasteiger partial charge in [-0.05, 0) is 157 Å². The van der Waals surface area contributed by atoms with Crippen molar-refractivity contribution in [2.24, 2.45) is 10.3 Å². The predicted octanol–water partition coefficient (Wildman–Crippen LogP) is 8.71. The number of amides is 2. The molecule has 18 heteroatoms. The molecule has 4 heterocycles. The number of methoxy groups -OCH3 is 2. The van der Waals surface area contributed by atoms with Gasteiger partial charge in [0, 0.05) is 25.9 Å². The maximum atomic E-state index is 13.4. The van der Waals surface area contributed by atoms with Gasteiger partial charge in [-0.2, -0.15) is 0 Å². The number of oxime groups is 2. The van der Waals surface area contributed by atoms with Crippen LogP contribution in [0.1, 0.15) is 28.4 Å². The zero-order valence-corrected chi connectivity index (χ0v) is 38.2. The van der Waals surface area contributed by atoms with E-state index in [1.54, 1.807) is 30.3 Å². The molecule has 0 saturated carbocycles. The van der Waals surface area contributed by atoms with Gasteiger partial charge >= 0.3 is 0 Å². The Morgan fingerprint density at radius 2 is 1.16 bits per heavy atom. The van der Waals surface area contributed by atoms with Crippen LogP contribution < -0.4 is 29.6 Å². The zero-order chi connectivity index (χ0) is 40.5. The fourth-order valence-electron chi connectivity index (χ4n) is 5.63. The Labute approximate surface area is 365 Å². The summed E-state index contributed by atoms with van der Waals surface area (Å²) in [6.07, 6.45) is -0.445. The molecule has 0 aromatic heterocycles. The van der Waals surface area contributed by atoms with E-state index in [9.17, 15) is 14.7 Å². The van der Waals surface area contributed by atoms with Crippen LogP contribution in [-0.4, -0.2) is 69.9 Å². The summed E-state index contributed by atoms with van der Waals surface area (Å²) in [5, 5.41) is 24.8. The minimum atomic E-state index is -1.07. The third kappa shape index (κ3) is 10.8. The summed E-state index contributed by atoms with van der Waals surface area (Å²) in [7, 11) is 5.76. The summed E-state index contributed by atoms with van der Waals surface area (Å²) in [5.41, 5.74) is 2.93. The van der Waals surface area contributed by atoms with Crippen molar-refractivity contribution in [1.82, 2.24) is 10.6 Å². The Morgan fingerprint density at radius 1 is 0.643 bits per heavy atom. The smallest absolute Gasteiger partial charge is 0.269 e. The molecule has 296 valence electrons. The molecule has 0 fully saturated rings. The van der Waals surface area contributed by atoms with Crippen molar-refractivity contribution in [2.75, 3.05) is 41.5 Å². The van der Waals surface area contributed by atoms with Gasteiger partial charge in [-0.25, -0.2) is 0 Å². The van der Waals surface area contributed by atoms with Gasteiger partial charge in [-0.3, -0.25) is 9.59 Å². The predicted molar refractivity (Wildman–Crippen MR) is 228 cm³/mol. The first-order valence-electron chi connectivity index (χ1n) is 16.7. The quantitative estimate of drug-likeness (QED) is 0.170. The van der Waals surface area contributed by atoms with E-state index in [1.807, 2.05) is 24.3 Å². The van der Waals surface area contributed by atoms with Gasteiger partial charge in [0.1, 0.15) is 31.4 Å². The van der Waals surface area contributed by atoms with Crippen LogP contribution in [0.15, 0.2) is 87.3 Å². The van der Waals surface area contributed by atoms with Crippen LogP contribution in [-0.2, 0) is 38.5 Å². The van der Waals surface area contributed by atoms with Crippen molar-refractivity contribution in [3.63, 3.8) is 0 Å². The number of aliphatic hydroxyl groups is 1. The van der Waals surface area contributed by atoms with E-state index in [0.717, 1.165) is 11.1 Å². The van der Waals surface area contributed by atoms with E-state index in [-0.39, 0.29) is 37.4 Å². The summed E-state index contributed by atoms with van der Waals surface area (Å²) < 4.78 is 26.9. The van der Waals surface area contributed by atoms with Crippen molar-refractivity contribution >= 4 is 103 Å². The lowest BCUT2D eigenvalue weighted by Gasteiger charge is -2.18. The highest BCUT2D eigenvalue weighted by Gasteiger charge is 2.23. The molecule has 1 unspecified atom stereocenters. The maximum absolute atomic E-state index is 13.4. The largest absolute Gasteiger partial charge is 0.492 e. The summed E-state index contributed by atoms with van der Waals surface area (Å²) in [4.78, 5) is 36.9. The number of carbonyl (C=O) groups excluding carboxylic acids is 2. The molecule has 0 aliphatic carbocycles. The minimum Gasteiger partial charge on any atom is -0.492 e. The Kier molecular flexibility index (Phi) is 15.6. The van der Waals surface area contributed by atoms with Crippen molar-refractivity contribution in [2.45, 2.75) is 25.4 Å². The first-order valence-corrected chi connectivity index (χ1v) is 20.6. The Balaban J connectivity index is 1.54. The SMILES string of the molecule is CO/N=C1/Cc2cc(Br)c(c(Br)c2)Oc2cc(cc(Br)c2OC)C/C(=N\OC)C(=O)NCC(O)c2ccc(c(Br)c2)Oc2cc(cc(Br)c2OC)CCNC1=O. The molecule has 4 aromatic rings. The third-order valence-electron chi connectivity index (χ3n) is 8.20. The van der Waals surface area contributed by atoms with Crippen LogP contribution in [0.5, 0.6) is 34.5 Å². The van der Waals surface area contributed by atoms with Crippen molar-refractivity contribution < 1.29 is 43.3 Å². The van der Waals surface area contributed by atoms with E-state index in [2.05, 4.69) is 101 Å². The molecule has 4 aliphatic rings. The van der Waals surface area contributed by atoms with Crippen LogP contribution in [0.2, 0.25) is 0 Å². The number of halogens is 5. The highest BCUT2D eigenvalue weighted by Crippen LogP contribution is 2.45. The normalized spacial score (nSPS) is 16.9. The highest BCUT2D eigenvalue weighted by atomic mass is 79.9.